The fourth-order valence-corrected chi connectivity index (χ4v) is 4.26. The first-order chi connectivity index (χ1) is 11.8. The molecule has 8 heteroatoms. The van der Waals surface area contributed by atoms with Crippen LogP contribution in [-0.4, -0.2) is 24.9 Å². The van der Waals surface area contributed by atoms with Gasteiger partial charge in [0.05, 0.1) is 21.6 Å². The Balaban J connectivity index is 2.17. The van der Waals surface area contributed by atoms with Crippen LogP contribution in [0.2, 0.25) is 0 Å². The third-order valence-electron chi connectivity index (χ3n) is 3.95. The summed E-state index contributed by atoms with van der Waals surface area (Å²) in [6.07, 6.45) is 0. The summed E-state index contributed by atoms with van der Waals surface area (Å²) in [4.78, 5) is 27.7. The zero-order valence-corrected chi connectivity index (χ0v) is 14.6. The maximum atomic E-state index is 13.1. The number of para-hydroxylation sites is 1. The highest BCUT2D eigenvalue weighted by molar-refractivity contribution is 7.92. The van der Waals surface area contributed by atoms with E-state index in [4.69, 9.17) is 0 Å². The highest BCUT2D eigenvalue weighted by Gasteiger charge is 2.25. The largest absolute Gasteiger partial charge is 0.316 e. The highest BCUT2D eigenvalue weighted by atomic mass is 32.2. The van der Waals surface area contributed by atoms with E-state index in [9.17, 15) is 18.0 Å². The van der Waals surface area contributed by atoms with Gasteiger partial charge in [-0.3, -0.25) is 13.9 Å². The van der Waals surface area contributed by atoms with Crippen LogP contribution in [0.15, 0.2) is 56.9 Å². The number of nitrogens with one attached hydrogen (secondary N) is 2. The minimum absolute atomic E-state index is 0.0350. The molecule has 0 aliphatic heterocycles. The first kappa shape index (κ1) is 17.0. The average Bonchev–Trinajstić information content (AvgIpc) is 2.57. The second kappa shape index (κ2) is 6.21. The van der Waals surface area contributed by atoms with E-state index < -0.39 is 21.1 Å². The van der Waals surface area contributed by atoms with Gasteiger partial charge in [0.2, 0.25) is 0 Å². The Bertz CT molecular complexity index is 1160. The number of H-pyrrole nitrogens is 2. The number of benzene rings is 2. The third-order valence-corrected chi connectivity index (χ3v) is 5.84. The van der Waals surface area contributed by atoms with Crippen LogP contribution >= 0.6 is 0 Å². The minimum atomic E-state index is -3.82. The molecule has 0 unspecified atom stereocenters. The van der Waals surface area contributed by atoms with Crippen LogP contribution in [0.25, 0.3) is 11.0 Å². The molecule has 1 aromatic heterocycles. The Morgan fingerprint density at radius 2 is 1.60 bits per heavy atom. The molecular weight excluding hydrogens is 342 g/mol. The molecule has 0 fully saturated rings. The van der Waals surface area contributed by atoms with Crippen molar-refractivity contribution in [1.29, 1.82) is 0 Å². The summed E-state index contributed by atoms with van der Waals surface area (Å²) >= 11 is 0. The molecule has 0 amide bonds. The molecule has 2 aromatic carbocycles. The lowest BCUT2D eigenvalue weighted by Gasteiger charge is -2.24. The van der Waals surface area contributed by atoms with Gasteiger partial charge in [-0.15, -0.1) is 0 Å². The van der Waals surface area contributed by atoms with Gasteiger partial charge < -0.3 is 9.97 Å². The van der Waals surface area contributed by atoms with E-state index in [1.807, 2.05) is 19.1 Å². The predicted molar refractivity (Wildman–Crippen MR) is 96.6 cm³/mol. The summed E-state index contributed by atoms with van der Waals surface area (Å²) in [6, 6.07) is 11.4. The Kier molecular flexibility index (Phi) is 4.22. The Hall–Kier alpha value is -2.87. The fourth-order valence-electron chi connectivity index (χ4n) is 2.69. The summed E-state index contributed by atoms with van der Waals surface area (Å²) in [6.45, 7) is 3.86. The zero-order chi connectivity index (χ0) is 18.2. The molecule has 0 atom stereocenters. The Morgan fingerprint density at radius 1 is 0.960 bits per heavy atom. The average molecular weight is 359 g/mol. The number of aromatic amines is 2. The summed E-state index contributed by atoms with van der Waals surface area (Å²) in [5.74, 6) is 0. The molecule has 0 aliphatic carbocycles. The maximum Gasteiger partial charge on any atom is 0.314 e. The molecule has 0 saturated heterocycles. The third kappa shape index (κ3) is 2.96. The number of hydrogen-bond donors (Lipinski definition) is 2. The number of aryl methyl sites for hydroxylation is 1. The van der Waals surface area contributed by atoms with Gasteiger partial charge in [0.25, 0.3) is 10.0 Å². The van der Waals surface area contributed by atoms with Crippen LogP contribution in [0, 0.1) is 6.92 Å². The second-order valence-corrected chi connectivity index (χ2v) is 7.43. The number of hydrogen-bond acceptors (Lipinski definition) is 4. The van der Waals surface area contributed by atoms with Crippen molar-refractivity contribution in [2.75, 3.05) is 10.8 Å². The van der Waals surface area contributed by atoms with Crippen molar-refractivity contribution in [3.63, 3.8) is 0 Å². The van der Waals surface area contributed by atoms with Crippen LogP contribution in [-0.2, 0) is 10.0 Å². The minimum Gasteiger partial charge on any atom is -0.316 e. The first-order valence-corrected chi connectivity index (χ1v) is 9.13. The van der Waals surface area contributed by atoms with Crippen LogP contribution in [0.4, 0.5) is 5.69 Å². The summed E-state index contributed by atoms with van der Waals surface area (Å²) in [7, 11) is -3.82. The maximum absolute atomic E-state index is 13.1. The number of fused-ring (bicyclic) bond motifs is 1. The zero-order valence-electron chi connectivity index (χ0n) is 13.7. The number of nitrogens with zero attached hydrogens (tertiary/aromatic N) is 1. The molecule has 130 valence electrons. The number of sulfonamides is 1. The quantitative estimate of drug-likeness (QED) is 0.693. The van der Waals surface area contributed by atoms with Crippen molar-refractivity contribution in [3.8, 4) is 0 Å². The molecular formula is C17H17N3O4S. The van der Waals surface area contributed by atoms with Gasteiger partial charge in [-0.05, 0) is 43.7 Å². The fraction of sp³-hybridized carbons (Fsp3) is 0.176. The molecule has 0 saturated carbocycles. The van der Waals surface area contributed by atoms with Crippen molar-refractivity contribution >= 4 is 26.7 Å². The lowest BCUT2D eigenvalue weighted by Crippen LogP contribution is -2.32. The lowest BCUT2D eigenvalue weighted by molar-refractivity contribution is 0.592. The van der Waals surface area contributed by atoms with E-state index in [2.05, 4.69) is 9.97 Å². The standard InChI is InChI=1S/C17H17N3O4S/c1-3-20(15-7-5-4-6-11(15)2)25(23,24)12-8-9-13-14(10-12)19-17(22)16(21)18-13/h4-10H,3H2,1-2H3,(H,18,21)(H,19,22). The van der Waals surface area contributed by atoms with E-state index in [-0.39, 0.29) is 17.0 Å². The second-order valence-electron chi connectivity index (χ2n) is 5.57. The van der Waals surface area contributed by atoms with Gasteiger partial charge in [-0.1, -0.05) is 18.2 Å². The van der Waals surface area contributed by atoms with Gasteiger partial charge in [-0.25, -0.2) is 8.42 Å². The monoisotopic (exact) mass is 359 g/mol. The van der Waals surface area contributed by atoms with E-state index in [0.717, 1.165) is 5.56 Å². The molecule has 0 aliphatic rings. The molecule has 1 heterocycles. The topological polar surface area (TPSA) is 103 Å². The van der Waals surface area contributed by atoms with Crippen molar-refractivity contribution in [1.82, 2.24) is 9.97 Å². The van der Waals surface area contributed by atoms with E-state index in [1.54, 1.807) is 19.1 Å². The van der Waals surface area contributed by atoms with Crippen molar-refractivity contribution in [2.24, 2.45) is 0 Å². The first-order valence-electron chi connectivity index (χ1n) is 7.69. The molecule has 7 nitrogen and oxygen atoms in total. The SMILES string of the molecule is CCN(c1ccccc1C)S(=O)(=O)c1ccc2[nH]c(=O)c(=O)[nH]c2c1. The van der Waals surface area contributed by atoms with Gasteiger partial charge in [-0.2, -0.15) is 0 Å². The summed E-state index contributed by atoms with van der Waals surface area (Å²) in [5.41, 5.74) is 0.451. The predicted octanol–water partition coefficient (Wildman–Crippen LogP) is 1.74. The van der Waals surface area contributed by atoms with Crippen molar-refractivity contribution in [3.05, 3.63) is 68.7 Å². The smallest absolute Gasteiger partial charge is 0.314 e. The number of rotatable bonds is 4. The van der Waals surface area contributed by atoms with Crippen molar-refractivity contribution < 1.29 is 8.42 Å². The van der Waals surface area contributed by atoms with Gasteiger partial charge in [0.1, 0.15) is 0 Å². The van der Waals surface area contributed by atoms with Gasteiger partial charge >= 0.3 is 11.1 Å². The van der Waals surface area contributed by atoms with Crippen LogP contribution < -0.4 is 15.4 Å². The Morgan fingerprint density at radius 3 is 2.24 bits per heavy atom. The van der Waals surface area contributed by atoms with Crippen molar-refractivity contribution in [2.45, 2.75) is 18.7 Å². The van der Waals surface area contributed by atoms with E-state index in [1.165, 1.54) is 22.5 Å². The number of aromatic nitrogens is 2. The van der Waals surface area contributed by atoms with Crippen LogP contribution in [0.1, 0.15) is 12.5 Å². The highest BCUT2D eigenvalue weighted by Crippen LogP contribution is 2.27. The Labute approximate surface area is 144 Å². The lowest BCUT2D eigenvalue weighted by atomic mass is 10.2. The molecule has 0 bridgehead atoms. The van der Waals surface area contributed by atoms with Crippen LogP contribution in [0.3, 0.4) is 0 Å². The molecule has 25 heavy (non-hydrogen) atoms. The summed E-state index contributed by atoms with van der Waals surface area (Å²) in [5, 5.41) is 0. The molecule has 3 rings (SSSR count). The van der Waals surface area contributed by atoms with Gasteiger partial charge in [0.15, 0.2) is 0 Å². The molecule has 0 radical (unpaired) electrons. The van der Waals surface area contributed by atoms with E-state index >= 15 is 0 Å². The molecule has 2 N–H and O–H groups in total. The normalized spacial score (nSPS) is 11.6. The summed E-state index contributed by atoms with van der Waals surface area (Å²) < 4.78 is 27.5. The number of anilines is 1. The molecule has 3 aromatic rings. The van der Waals surface area contributed by atoms with Crippen LogP contribution in [0.5, 0.6) is 0 Å². The van der Waals surface area contributed by atoms with Gasteiger partial charge in [0, 0.05) is 6.54 Å². The molecule has 0 spiro atoms. The van der Waals surface area contributed by atoms with E-state index in [0.29, 0.717) is 11.2 Å².